The number of carbonyl (C=O) groups excluding carboxylic acids is 1. The SMILES string of the molecule is CN1C(=O)c2cccc3cc(N)cc(c23)C1O. The molecule has 0 bridgehead atoms. The molecule has 86 valence electrons. The molecule has 0 radical (unpaired) electrons. The Balaban J connectivity index is 2.48. The molecule has 0 saturated carbocycles. The van der Waals surface area contributed by atoms with Gasteiger partial charge >= 0.3 is 0 Å². The third-order valence-electron chi connectivity index (χ3n) is 3.23. The smallest absolute Gasteiger partial charge is 0.256 e. The average Bonchev–Trinajstić information content (AvgIpc) is 2.32. The van der Waals surface area contributed by atoms with Gasteiger partial charge in [-0.3, -0.25) is 4.79 Å². The first-order valence-corrected chi connectivity index (χ1v) is 5.37. The maximum Gasteiger partial charge on any atom is 0.256 e. The summed E-state index contributed by atoms with van der Waals surface area (Å²) in [5, 5.41) is 11.8. The standard InChI is InChI=1S/C13H12N2O2/c1-15-12(16)9-4-2-3-7-5-8(14)6-10(11(7)9)13(15)17/h2-6,13,17H,14H2,1H3. The first-order chi connectivity index (χ1) is 8.09. The Hall–Kier alpha value is -2.07. The third-order valence-corrected chi connectivity index (χ3v) is 3.23. The number of nitrogen functional groups attached to an aromatic ring is 1. The molecule has 4 nitrogen and oxygen atoms in total. The highest BCUT2D eigenvalue weighted by molar-refractivity contribution is 6.10. The van der Waals surface area contributed by atoms with E-state index >= 15 is 0 Å². The Morgan fingerprint density at radius 1 is 1.35 bits per heavy atom. The lowest BCUT2D eigenvalue weighted by atomic mass is 9.93. The maximum absolute atomic E-state index is 12.0. The van der Waals surface area contributed by atoms with Crippen LogP contribution in [0.15, 0.2) is 30.3 Å². The molecule has 1 aliphatic heterocycles. The number of carbonyl (C=O) groups is 1. The van der Waals surface area contributed by atoms with Crippen LogP contribution in [0.3, 0.4) is 0 Å². The Kier molecular flexibility index (Phi) is 1.91. The molecule has 1 atom stereocenters. The van der Waals surface area contributed by atoms with Gasteiger partial charge in [0, 0.05) is 29.2 Å². The molecule has 4 heteroatoms. The molecule has 1 heterocycles. The molecule has 2 aromatic rings. The van der Waals surface area contributed by atoms with E-state index in [9.17, 15) is 9.90 Å². The van der Waals surface area contributed by atoms with Crippen molar-refractivity contribution in [2.45, 2.75) is 6.23 Å². The topological polar surface area (TPSA) is 66.6 Å². The van der Waals surface area contributed by atoms with Gasteiger partial charge in [-0.05, 0) is 23.6 Å². The van der Waals surface area contributed by atoms with Gasteiger partial charge < -0.3 is 15.7 Å². The van der Waals surface area contributed by atoms with Crippen LogP contribution in [0.5, 0.6) is 0 Å². The Morgan fingerprint density at radius 2 is 2.12 bits per heavy atom. The van der Waals surface area contributed by atoms with Crippen molar-refractivity contribution in [3.8, 4) is 0 Å². The lowest BCUT2D eigenvalue weighted by Gasteiger charge is -2.30. The van der Waals surface area contributed by atoms with Crippen molar-refractivity contribution in [2.75, 3.05) is 12.8 Å². The number of amides is 1. The summed E-state index contributed by atoms with van der Waals surface area (Å²) in [5.74, 6) is -0.166. The predicted octanol–water partition coefficient (Wildman–Crippen LogP) is 1.50. The zero-order valence-corrected chi connectivity index (χ0v) is 9.34. The van der Waals surface area contributed by atoms with Crippen LogP contribution >= 0.6 is 0 Å². The quantitative estimate of drug-likeness (QED) is 0.671. The van der Waals surface area contributed by atoms with E-state index in [2.05, 4.69) is 0 Å². The van der Waals surface area contributed by atoms with Gasteiger partial charge in [0.1, 0.15) is 0 Å². The van der Waals surface area contributed by atoms with E-state index in [-0.39, 0.29) is 5.91 Å². The van der Waals surface area contributed by atoms with E-state index in [4.69, 9.17) is 5.73 Å². The summed E-state index contributed by atoms with van der Waals surface area (Å²) in [6.07, 6.45) is -0.927. The molecule has 0 aromatic heterocycles. The number of nitrogens with zero attached hydrogens (tertiary/aromatic N) is 1. The average molecular weight is 228 g/mol. The van der Waals surface area contributed by atoms with Gasteiger partial charge in [0.2, 0.25) is 0 Å². The number of hydrogen-bond acceptors (Lipinski definition) is 3. The molecule has 0 aliphatic carbocycles. The molecular formula is C13H12N2O2. The Morgan fingerprint density at radius 3 is 2.88 bits per heavy atom. The molecular weight excluding hydrogens is 216 g/mol. The summed E-state index contributed by atoms with van der Waals surface area (Å²) in [5.41, 5.74) is 7.70. The molecule has 1 amide bonds. The zero-order valence-electron chi connectivity index (χ0n) is 9.34. The third kappa shape index (κ3) is 1.24. The summed E-state index contributed by atoms with van der Waals surface area (Å²) in [4.78, 5) is 13.3. The van der Waals surface area contributed by atoms with Crippen molar-refractivity contribution < 1.29 is 9.90 Å². The van der Waals surface area contributed by atoms with Gasteiger partial charge in [-0.15, -0.1) is 0 Å². The molecule has 1 aliphatic rings. The van der Waals surface area contributed by atoms with Crippen LogP contribution in [0, 0.1) is 0 Å². The van der Waals surface area contributed by atoms with E-state index in [1.807, 2.05) is 18.2 Å². The fourth-order valence-corrected chi connectivity index (χ4v) is 2.38. The highest BCUT2D eigenvalue weighted by Gasteiger charge is 2.30. The van der Waals surface area contributed by atoms with Crippen molar-refractivity contribution in [1.82, 2.24) is 4.90 Å². The second-order valence-corrected chi connectivity index (χ2v) is 4.30. The molecule has 3 N–H and O–H groups in total. The van der Waals surface area contributed by atoms with Gasteiger partial charge in [0.05, 0.1) is 0 Å². The van der Waals surface area contributed by atoms with Crippen molar-refractivity contribution in [1.29, 1.82) is 0 Å². The normalized spacial score (nSPS) is 18.8. The number of hydrogen-bond donors (Lipinski definition) is 2. The van der Waals surface area contributed by atoms with E-state index in [1.165, 1.54) is 4.90 Å². The van der Waals surface area contributed by atoms with Crippen molar-refractivity contribution in [3.05, 3.63) is 41.5 Å². The number of nitrogens with two attached hydrogens (primary N) is 1. The molecule has 0 saturated heterocycles. The Labute approximate surface area is 98.3 Å². The second-order valence-electron chi connectivity index (χ2n) is 4.30. The van der Waals surface area contributed by atoms with Crippen LogP contribution in [0.1, 0.15) is 22.1 Å². The minimum absolute atomic E-state index is 0.166. The van der Waals surface area contributed by atoms with Crippen molar-refractivity contribution in [2.24, 2.45) is 0 Å². The van der Waals surface area contributed by atoms with E-state index in [0.717, 1.165) is 10.8 Å². The van der Waals surface area contributed by atoms with Crippen LogP contribution in [-0.4, -0.2) is 23.0 Å². The lowest BCUT2D eigenvalue weighted by Crippen LogP contribution is -2.34. The van der Waals surface area contributed by atoms with E-state index in [1.54, 1.807) is 19.2 Å². The monoisotopic (exact) mass is 228 g/mol. The van der Waals surface area contributed by atoms with Gasteiger partial charge in [0.25, 0.3) is 5.91 Å². The summed E-state index contributed by atoms with van der Waals surface area (Å²) < 4.78 is 0. The molecule has 1 unspecified atom stereocenters. The number of aliphatic hydroxyl groups is 1. The van der Waals surface area contributed by atoms with Crippen molar-refractivity contribution >= 4 is 22.4 Å². The van der Waals surface area contributed by atoms with Gasteiger partial charge in [-0.2, -0.15) is 0 Å². The van der Waals surface area contributed by atoms with Gasteiger partial charge in [0.15, 0.2) is 6.23 Å². The largest absolute Gasteiger partial charge is 0.399 e. The van der Waals surface area contributed by atoms with Crippen LogP contribution in [0.2, 0.25) is 0 Å². The number of aliphatic hydroxyl groups excluding tert-OH is 1. The van der Waals surface area contributed by atoms with Gasteiger partial charge in [-0.25, -0.2) is 0 Å². The molecule has 17 heavy (non-hydrogen) atoms. The molecule has 0 spiro atoms. The minimum Gasteiger partial charge on any atom is -0.399 e. The van der Waals surface area contributed by atoms with E-state index < -0.39 is 6.23 Å². The minimum atomic E-state index is -0.927. The predicted molar refractivity (Wildman–Crippen MR) is 65.4 cm³/mol. The Bertz CT molecular complexity index is 637. The van der Waals surface area contributed by atoms with Crippen LogP contribution in [0.25, 0.3) is 10.8 Å². The number of rotatable bonds is 0. The fourth-order valence-electron chi connectivity index (χ4n) is 2.38. The van der Waals surface area contributed by atoms with E-state index in [0.29, 0.717) is 16.8 Å². The highest BCUT2D eigenvalue weighted by atomic mass is 16.3. The summed E-state index contributed by atoms with van der Waals surface area (Å²) in [7, 11) is 1.58. The molecule has 3 rings (SSSR count). The first-order valence-electron chi connectivity index (χ1n) is 5.37. The lowest BCUT2D eigenvalue weighted by molar-refractivity contribution is 0.0174. The molecule has 2 aromatic carbocycles. The first kappa shape index (κ1) is 10.1. The van der Waals surface area contributed by atoms with Gasteiger partial charge in [-0.1, -0.05) is 12.1 Å². The van der Waals surface area contributed by atoms with Crippen LogP contribution < -0.4 is 5.73 Å². The summed E-state index contributed by atoms with van der Waals surface area (Å²) in [6.45, 7) is 0. The summed E-state index contributed by atoms with van der Waals surface area (Å²) in [6, 6.07) is 9.02. The van der Waals surface area contributed by atoms with Crippen LogP contribution in [0.4, 0.5) is 5.69 Å². The molecule has 0 fully saturated rings. The number of benzene rings is 2. The highest BCUT2D eigenvalue weighted by Crippen LogP contribution is 2.36. The zero-order chi connectivity index (χ0) is 12.2. The van der Waals surface area contributed by atoms with Crippen LogP contribution in [-0.2, 0) is 0 Å². The maximum atomic E-state index is 12.0. The number of anilines is 1. The fraction of sp³-hybridized carbons (Fsp3) is 0.154. The van der Waals surface area contributed by atoms with Crippen molar-refractivity contribution in [3.63, 3.8) is 0 Å². The summed E-state index contributed by atoms with van der Waals surface area (Å²) >= 11 is 0. The second kappa shape index (κ2) is 3.21.